The van der Waals surface area contributed by atoms with Crippen LogP contribution in [0, 0.1) is 5.92 Å². The number of H-pyrrole nitrogens is 1. The second-order valence-electron chi connectivity index (χ2n) is 6.60. The van der Waals surface area contributed by atoms with E-state index in [0.717, 1.165) is 42.9 Å². The fourth-order valence-electron chi connectivity index (χ4n) is 3.12. The lowest BCUT2D eigenvalue weighted by Gasteiger charge is -2.26. The minimum Gasteiger partial charge on any atom is -0.439 e. The number of nitrogens with one attached hydrogen (secondary N) is 3. The smallest absolute Gasteiger partial charge is 0.439 e. The number of nitrogens with zero attached hydrogens (tertiary/aromatic N) is 1. The van der Waals surface area contributed by atoms with E-state index in [1.165, 1.54) is 0 Å². The molecule has 142 valence electrons. The summed E-state index contributed by atoms with van der Waals surface area (Å²) in [6.45, 7) is 2.58. The van der Waals surface area contributed by atoms with E-state index in [1.54, 1.807) is 13.2 Å². The number of alkyl halides is 3. The SMILES string of the molecule is CNCC(NCc1cn[nH]c1C1CCC(C)CC1)OC(=O)C(F)(F)F. The summed E-state index contributed by atoms with van der Waals surface area (Å²) in [5, 5.41) is 12.6. The lowest BCUT2D eigenvalue weighted by molar-refractivity contribution is -0.206. The highest BCUT2D eigenvalue weighted by Gasteiger charge is 2.42. The summed E-state index contributed by atoms with van der Waals surface area (Å²) in [7, 11) is 1.57. The van der Waals surface area contributed by atoms with Gasteiger partial charge in [0, 0.05) is 30.3 Å². The van der Waals surface area contributed by atoms with E-state index < -0.39 is 18.4 Å². The van der Waals surface area contributed by atoms with E-state index in [1.807, 2.05) is 0 Å². The third-order valence-corrected chi connectivity index (χ3v) is 4.57. The van der Waals surface area contributed by atoms with Crippen molar-refractivity contribution in [1.82, 2.24) is 20.8 Å². The van der Waals surface area contributed by atoms with Gasteiger partial charge in [0.25, 0.3) is 0 Å². The van der Waals surface area contributed by atoms with Crippen LogP contribution in [0.25, 0.3) is 0 Å². The van der Waals surface area contributed by atoms with Crippen LogP contribution in [0.4, 0.5) is 13.2 Å². The average molecular weight is 362 g/mol. The van der Waals surface area contributed by atoms with Gasteiger partial charge in [-0.3, -0.25) is 10.4 Å². The first-order chi connectivity index (χ1) is 11.8. The second-order valence-corrected chi connectivity index (χ2v) is 6.60. The largest absolute Gasteiger partial charge is 0.490 e. The molecule has 1 aromatic rings. The Morgan fingerprint density at radius 3 is 2.68 bits per heavy atom. The van der Waals surface area contributed by atoms with Gasteiger partial charge in [-0.1, -0.05) is 19.8 Å². The number of aromatic amines is 1. The molecule has 1 fully saturated rings. The van der Waals surface area contributed by atoms with Crippen LogP contribution in [-0.4, -0.2) is 42.2 Å². The molecule has 0 aromatic carbocycles. The Morgan fingerprint density at radius 2 is 2.08 bits per heavy atom. The summed E-state index contributed by atoms with van der Waals surface area (Å²) >= 11 is 0. The van der Waals surface area contributed by atoms with Gasteiger partial charge < -0.3 is 10.1 Å². The molecule has 0 bridgehead atoms. The molecular weight excluding hydrogens is 337 g/mol. The number of halogens is 3. The van der Waals surface area contributed by atoms with E-state index in [9.17, 15) is 18.0 Å². The van der Waals surface area contributed by atoms with E-state index in [4.69, 9.17) is 0 Å². The molecule has 1 aliphatic rings. The van der Waals surface area contributed by atoms with Crippen molar-refractivity contribution in [2.75, 3.05) is 13.6 Å². The molecule has 1 unspecified atom stereocenters. The molecule has 1 atom stereocenters. The number of hydrogen-bond acceptors (Lipinski definition) is 5. The molecule has 0 aliphatic heterocycles. The van der Waals surface area contributed by atoms with E-state index in [-0.39, 0.29) is 13.1 Å². The van der Waals surface area contributed by atoms with Crippen molar-refractivity contribution in [3.63, 3.8) is 0 Å². The molecule has 1 saturated carbocycles. The van der Waals surface area contributed by atoms with Crippen LogP contribution in [0.5, 0.6) is 0 Å². The number of carbonyl (C=O) groups excluding carboxylic acids is 1. The summed E-state index contributed by atoms with van der Waals surface area (Å²) in [6, 6.07) is 0. The Morgan fingerprint density at radius 1 is 1.40 bits per heavy atom. The summed E-state index contributed by atoms with van der Waals surface area (Å²) in [5.74, 6) is -1.09. The van der Waals surface area contributed by atoms with Crippen LogP contribution in [-0.2, 0) is 16.1 Å². The number of likely N-dealkylation sites (N-methyl/N-ethyl adjacent to an activating group) is 1. The zero-order valence-corrected chi connectivity index (χ0v) is 14.4. The monoisotopic (exact) mass is 362 g/mol. The maximum Gasteiger partial charge on any atom is 0.490 e. The van der Waals surface area contributed by atoms with E-state index in [2.05, 4.69) is 32.5 Å². The maximum atomic E-state index is 12.4. The van der Waals surface area contributed by atoms with Crippen molar-refractivity contribution < 1.29 is 22.7 Å². The van der Waals surface area contributed by atoms with Crippen LogP contribution in [0.3, 0.4) is 0 Å². The van der Waals surface area contributed by atoms with Crippen LogP contribution in [0.15, 0.2) is 6.20 Å². The van der Waals surface area contributed by atoms with Crippen LogP contribution in [0.2, 0.25) is 0 Å². The molecule has 1 aromatic heterocycles. The number of hydrogen-bond donors (Lipinski definition) is 3. The molecule has 25 heavy (non-hydrogen) atoms. The van der Waals surface area contributed by atoms with Gasteiger partial charge in [0.05, 0.1) is 6.20 Å². The number of ether oxygens (including phenoxy) is 1. The molecule has 1 heterocycles. The van der Waals surface area contributed by atoms with Gasteiger partial charge in [-0.05, 0) is 25.8 Å². The fourth-order valence-corrected chi connectivity index (χ4v) is 3.12. The van der Waals surface area contributed by atoms with Gasteiger partial charge in [-0.2, -0.15) is 18.3 Å². The third-order valence-electron chi connectivity index (χ3n) is 4.57. The van der Waals surface area contributed by atoms with Crippen molar-refractivity contribution in [3.8, 4) is 0 Å². The van der Waals surface area contributed by atoms with Crippen molar-refractivity contribution in [1.29, 1.82) is 0 Å². The molecule has 3 N–H and O–H groups in total. The number of aromatic nitrogens is 2. The maximum absolute atomic E-state index is 12.4. The highest BCUT2D eigenvalue weighted by atomic mass is 19.4. The molecule has 0 amide bonds. The minimum atomic E-state index is -5.01. The molecule has 9 heteroatoms. The summed E-state index contributed by atoms with van der Waals surface area (Å²) in [4.78, 5) is 11.0. The molecule has 6 nitrogen and oxygen atoms in total. The average Bonchev–Trinajstić information content (AvgIpc) is 3.01. The fraction of sp³-hybridized carbons (Fsp3) is 0.750. The van der Waals surface area contributed by atoms with Crippen LogP contribution < -0.4 is 10.6 Å². The van der Waals surface area contributed by atoms with E-state index >= 15 is 0 Å². The Balaban J connectivity index is 1.94. The highest BCUT2D eigenvalue weighted by molar-refractivity contribution is 5.75. The normalized spacial score (nSPS) is 22.6. The van der Waals surface area contributed by atoms with Crippen molar-refractivity contribution in [2.24, 2.45) is 5.92 Å². The Bertz CT molecular complexity index is 554. The molecule has 0 saturated heterocycles. The van der Waals surface area contributed by atoms with Crippen molar-refractivity contribution in [3.05, 3.63) is 17.5 Å². The van der Waals surface area contributed by atoms with Gasteiger partial charge in [0.15, 0.2) is 6.23 Å². The quantitative estimate of drug-likeness (QED) is 0.513. The molecule has 1 aliphatic carbocycles. The summed E-state index contributed by atoms with van der Waals surface area (Å²) < 4.78 is 41.6. The van der Waals surface area contributed by atoms with Crippen LogP contribution >= 0.6 is 0 Å². The van der Waals surface area contributed by atoms with Gasteiger partial charge in [-0.25, -0.2) is 4.79 Å². The standard InChI is InChI=1S/C16H25F3N4O2/c1-10-3-5-11(6-4-10)14-12(8-22-23-14)7-21-13(9-20-2)25-15(24)16(17,18)19/h8,10-11,13,20-21H,3-7,9H2,1-2H3,(H,22,23). The van der Waals surface area contributed by atoms with Gasteiger partial charge in [-0.15, -0.1) is 0 Å². The van der Waals surface area contributed by atoms with Crippen molar-refractivity contribution in [2.45, 2.75) is 57.5 Å². The predicted molar refractivity (Wildman–Crippen MR) is 85.7 cm³/mol. The first-order valence-electron chi connectivity index (χ1n) is 8.49. The number of esters is 1. The zero-order chi connectivity index (χ0) is 18.4. The molecule has 0 spiro atoms. The third kappa shape index (κ3) is 5.71. The first-order valence-corrected chi connectivity index (χ1v) is 8.49. The lowest BCUT2D eigenvalue weighted by atomic mass is 9.80. The van der Waals surface area contributed by atoms with Gasteiger partial charge in [0.1, 0.15) is 0 Å². The Kier molecular flexibility index (Phi) is 6.83. The van der Waals surface area contributed by atoms with E-state index in [0.29, 0.717) is 5.92 Å². The first kappa shape index (κ1) is 19.7. The minimum absolute atomic E-state index is 0.0654. The van der Waals surface area contributed by atoms with Gasteiger partial charge >= 0.3 is 12.1 Å². The molecular formula is C16H25F3N4O2. The molecule has 2 rings (SSSR count). The summed E-state index contributed by atoms with van der Waals surface area (Å²) in [5.41, 5.74) is 1.91. The number of carbonyl (C=O) groups is 1. The Hall–Kier alpha value is -1.61. The second kappa shape index (κ2) is 8.66. The lowest BCUT2D eigenvalue weighted by Crippen LogP contribution is -2.43. The van der Waals surface area contributed by atoms with Gasteiger partial charge in [0.2, 0.25) is 0 Å². The summed E-state index contributed by atoms with van der Waals surface area (Å²) in [6.07, 6.45) is 0.0341. The highest BCUT2D eigenvalue weighted by Crippen LogP contribution is 2.35. The predicted octanol–water partition coefficient (Wildman–Crippen LogP) is 2.44. The Labute approximate surface area is 144 Å². The number of rotatable bonds is 7. The van der Waals surface area contributed by atoms with Crippen molar-refractivity contribution >= 4 is 5.97 Å². The zero-order valence-electron chi connectivity index (χ0n) is 14.4. The van der Waals surface area contributed by atoms with Crippen LogP contribution in [0.1, 0.15) is 49.8 Å². The topological polar surface area (TPSA) is 79.0 Å². The molecule has 0 radical (unpaired) electrons.